The van der Waals surface area contributed by atoms with Crippen molar-refractivity contribution in [2.45, 2.75) is 46.1 Å². The maximum atomic E-state index is 5.21. The van der Waals surface area contributed by atoms with E-state index < -0.39 is 0 Å². The summed E-state index contributed by atoms with van der Waals surface area (Å²) in [7, 11) is 1.66. The van der Waals surface area contributed by atoms with Crippen molar-refractivity contribution in [1.82, 2.24) is 10.3 Å². The van der Waals surface area contributed by atoms with Crippen LogP contribution in [0.3, 0.4) is 0 Å². The van der Waals surface area contributed by atoms with Gasteiger partial charge in [-0.1, -0.05) is 26.8 Å². The molecule has 0 aromatic carbocycles. The van der Waals surface area contributed by atoms with Crippen molar-refractivity contribution in [3.63, 3.8) is 0 Å². The van der Waals surface area contributed by atoms with Crippen LogP contribution in [-0.4, -0.2) is 24.7 Å². The Morgan fingerprint density at radius 2 is 2.00 bits per heavy atom. The lowest BCUT2D eigenvalue weighted by Gasteiger charge is -2.28. The highest BCUT2D eigenvalue weighted by Gasteiger charge is 2.23. The number of hydrogen-bond acceptors (Lipinski definition) is 3. The third kappa shape index (κ3) is 3.98. The highest BCUT2D eigenvalue weighted by molar-refractivity contribution is 5.20. The number of hydrogen-bond donors (Lipinski definition) is 1. The van der Waals surface area contributed by atoms with Gasteiger partial charge in [-0.15, -0.1) is 0 Å². The zero-order valence-electron chi connectivity index (χ0n) is 12.2. The fourth-order valence-corrected chi connectivity index (χ4v) is 2.40. The van der Waals surface area contributed by atoms with E-state index in [-0.39, 0.29) is 0 Å². The van der Waals surface area contributed by atoms with Gasteiger partial charge in [-0.3, -0.25) is 0 Å². The van der Waals surface area contributed by atoms with E-state index in [1.807, 2.05) is 12.1 Å². The molecule has 0 saturated carbocycles. The second-order valence-corrected chi connectivity index (χ2v) is 5.12. The summed E-state index contributed by atoms with van der Waals surface area (Å²) in [6, 6.07) is 6.43. The van der Waals surface area contributed by atoms with Crippen LogP contribution in [-0.2, 0) is 0 Å². The molecular formula is C15H26N2O. The molecule has 2 unspecified atom stereocenters. The van der Waals surface area contributed by atoms with Gasteiger partial charge in [-0.2, -0.15) is 0 Å². The van der Waals surface area contributed by atoms with E-state index in [0.29, 0.717) is 23.8 Å². The average molecular weight is 250 g/mol. The molecule has 1 N–H and O–H groups in total. The first-order valence-corrected chi connectivity index (χ1v) is 6.84. The van der Waals surface area contributed by atoms with Crippen LogP contribution in [0.1, 0.15) is 45.7 Å². The number of ether oxygens (including phenoxy) is 1. The minimum atomic E-state index is 0.409. The van der Waals surface area contributed by atoms with Gasteiger partial charge in [0.05, 0.1) is 7.11 Å². The van der Waals surface area contributed by atoms with E-state index in [0.717, 1.165) is 18.7 Å². The molecule has 102 valence electrons. The van der Waals surface area contributed by atoms with E-state index in [9.17, 15) is 0 Å². The van der Waals surface area contributed by atoms with Crippen LogP contribution in [0.4, 0.5) is 0 Å². The Kier molecular flexibility index (Phi) is 6.13. The standard InChI is InChI=1S/C15H26N2O/c1-6-10-16-12(4)15(11(2)3)13-8-7-9-14(17-13)18-5/h7-9,11-12,15-16H,6,10H2,1-5H3. The number of nitrogens with one attached hydrogen (secondary N) is 1. The first kappa shape index (κ1) is 15.0. The van der Waals surface area contributed by atoms with Gasteiger partial charge in [-0.05, 0) is 31.9 Å². The molecule has 1 aromatic heterocycles. The maximum Gasteiger partial charge on any atom is 0.213 e. The van der Waals surface area contributed by atoms with E-state index >= 15 is 0 Å². The maximum absolute atomic E-state index is 5.21. The van der Waals surface area contributed by atoms with Crippen LogP contribution in [0.2, 0.25) is 0 Å². The molecule has 18 heavy (non-hydrogen) atoms. The third-order valence-electron chi connectivity index (χ3n) is 3.27. The van der Waals surface area contributed by atoms with Crippen molar-refractivity contribution >= 4 is 0 Å². The smallest absolute Gasteiger partial charge is 0.213 e. The quantitative estimate of drug-likeness (QED) is 0.807. The number of pyridine rings is 1. The largest absolute Gasteiger partial charge is 0.481 e. The minimum Gasteiger partial charge on any atom is -0.481 e. The topological polar surface area (TPSA) is 34.1 Å². The fraction of sp³-hybridized carbons (Fsp3) is 0.667. The van der Waals surface area contributed by atoms with Crippen LogP contribution in [0.25, 0.3) is 0 Å². The normalized spacial score (nSPS) is 14.6. The van der Waals surface area contributed by atoms with Crippen LogP contribution < -0.4 is 10.1 Å². The lowest BCUT2D eigenvalue weighted by molar-refractivity contribution is 0.359. The highest BCUT2D eigenvalue weighted by atomic mass is 16.5. The molecule has 3 nitrogen and oxygen atoms in total. The van der Waals surface area contributed by atoms with E-state index in [2.05, 4.69) is 44.1 Å². The van der Waals surface area contributed by atoms with Gasteiger partial charge < -0.3 is 10.1 Å². The molecule has 0 radical (unpaired) electrons. The molecule has 2 atom stereocenters. The van der Waals surface area contributed by atoms with Crippen molar-refractivity contribution in [3.8, 4) is 5.88 Å². The van der Waals surface area contributed by atoms with Gasteiger partial charge in [0, 0.05) is 23.7 Å². The predicted octanol–water partition coefficient (Wildman–Crippen LogP) is 3.22. The van der Waals surface area contributed by atoms with Crippen molar-refractivity contribution in [3.05, 3.63) is 23.9 Å². The molecule has 0 amide bonds. The van der Waals surface area contributed by atoms with Gasteiger partial charge in [0.1, 0.15) is 0 Å². The molecule has 0 spiro atoms. The zero-order valence-corrected chi connectivity index (χ0v) is 12.2. The van der Waals surface area contributed by atoms with Crippen LogP contribution >= 0.6 is 0 Å². The molecule has 0 aliphatic carbocycles. The Bertz CT molecular complexity index is 352. The van der Waals surface area contributed by atoms with Crippen LogP contribution in [0, 0.1) is 5.92 Å². The summed E-state index contributed by atoms with van der Waals surface area (Å²) >= 11 is 0. The van der Waals surface area contributed by atoms with E-state index in [4.69, 9.17) is 4.74 Å². The molecular weight excluding hydrogens is 224 g/mol. The van der Waals surface area contributed by atoms with Crippen LogP contribution in [0.5, 0.6) is 5.88 Å². The summed E-state index contributed by atoms with van der Waals surface area (Å²) in [5.74, 6) is 1.65. The number of nitrogens with zero attached hydrogens (tertiary/aromatic N) is 1. The molecule has 1 rings (SSSR count). The molecule has 1 heterocycles. The van der Waals surface area contributed by atoms with Gasteiger partial charge >= 0.3 is 0 Å². The first-order valence-electron chi connectivity index (χ1n) is 6.84. The van der Waals surface area contributed by atoms with Gasteiger partial charge in [-0.25, -0.2) is 4.98 Å². The average Bonchev–Trinajstić information content (AvgIpc) is 2.36. The highest BCUT2D eigenvalue weighted by Crippen LogP contribution is 2.27. The van der Waals surface area contributed by atoms with E-state index in [1.54, 1.807) is 7.11 Å². The first-order chi connectivity index (χ1) is 8.60. The molecule has 1 aromatic rings. The zero-order chi connectivity index (χ0) is 13.5. The van der Waals surface area contributed by atoms with Gasteiger partial charge in [0.25, 0.3) is 0 Å². The Balaban J connectivity index is 2.89. The number of aromatic nitrogens is 1. The van der Waals surface area contributed by atoms with Crippen molar-refractivity contribution in [1.29, 1.82) is 0 Å². The van der Waals surface area contributed by atoms with Crippen molar-refractivity contribution in [2.24, 2.45) is 5.92 Å². The SMILES string of the molecule is CCCNC(C)C(c1cccc(OC)n1)C(C)C. The summed E-state index contributed by atoms with van der Waals surface area (Å²) in [4.78, 5) is 4.58. The number of rotatable bonds is 7. The van der Waals surface area contributed by atoms with E-state index in [1.165, 1.54) is 0 Å². The van der Waals surface area contributed by atoms with Crippen molar-refractivity contribution < 1.29 is 4.74 Å². The molecule has 0 saturated heterocycles. The monoisotopic (exact) mass is 250 g/mol. The lowest BCUT2D eigenvalue weighted by Crippen LogP contribution is -2.35. The van der Waals surface area contributed by atoms with Gasteiger partial charge in [0.15, 0.2) is 0 Å². The van der Waals surface area contributed by atoms with Crippen LogP contribution in [0.15, 0.2) is 18.2 Å². The lowest BCUT2D eigenvalue weighted by atomic mass is 9.86. The second-order valence-electron chi connectivity index (χ2n) is 5.12. The summed E-state index contributed by atoms with van der Waals surface area (Å²) < 4.78 is 5.21. The summed E-state index contributed by atoms with van der Waals surface area (Å²) in [5.41, 5.74) is 1.11. The Morgan fingerprint density at radius 1 is 1.28 bits per heavy atom. The second kappa shape index (κ2) is 7.37. The van der Waals surface area contributed by atoms with Crippen molar-refractivity contribution in [2.75, 3.05) is 13.7 Å². The van der Waals surface area contributed by atoms with Gasteiger partial charge in [0.2, 0.25) is 5.88 Å². The summed E-state index contributed by atoms with van der Waals surface area (Å²) in [5, 5.41) is 3.57. The molecule has 0 aliphatic rings. The molecule has 0 bridgehead atoms. The Morgan fingerprint density at radius 3 is 2.56 bits per heavy atom. The molecule has 0 aliphatic heterocycles. The Labute approximate surface area is 111 Å². The summed E-state index contributed by atoms with van der Waals surface area (Å²) in [6.45, 7) is 9.97. The minimum absolute atomic E-state index is 0.409. The summed E-state index contributed by atoms with van der Waals surface area (Å²) in [6.07, 6.45) is 1.15. The number of methoxy groups -OCH3 is 1. The predicted molar refractivity (Wildman–Crippen MR) is 76.1 cm³/mol. The molecule has 0 fully saturated rings. The third-order valence-corrected chi connectivity index (χ3v) is 3.27. The fourth-order valence-electron chi connectivity index (χ4n) is 2.40. The molecule has 3 heteroatoms. The Hall–Kier alpha value is -1.09.